The van der Waals surface area contributed by atoms with Crippen molar-refractivity contribution in [1.82, 2.24) is 4.90 Å². The van der Waals surface area contributed by atoms with Crippen molar-refractivity contribution in [3.63, 3.8) is 0 Å². The van der Waals surface area contributed by atoms with Crippen molar-refractivity contribution in [2.75, 3.05) is 13.1 Å². The Labute approximate surface area is 94.2 Å². The minimum Gasteiger partial charge on any atom is -0.299 e. The van der Waals surface area contributed by atoms with Crippen LogP contribution in [0.25, 0.3) is 0 Å². The molecule has 0 bridgehead atoms. The molecule has 84 valence electrons. The quantitative estimate of drug-likeness (QED) is 0.636. The summed E-state index contributed by atoms with van der Waals surface area (Å²) in [6, 6.07) is 0.661. The predicted octanol–water partition coefficient (Wildman–Crippen LogP) is 3.41. The summed E-state index contributed by atoms with van der Waals surface area (Å²) in [6.07, 6.45) is 8.34. The molecule has 0 spiro atoms. The fourth-order valence-electron chi connectivity index (χ4n) is 2.16. The molecule has 0 atom stereocenters. The summed E-state index contributed by atoms with van der Waals surface area (Å²) in [4.78, 5) is 2.50. The van der Waals surface area contributed by atoms with Gasteiger partial charge in [0.25, 0.3) is 0 Å². The van der Waals surface area contributed by atoms with Gasteiger partial charge in [0.1, 0.15) is 0 Å². The third-order valence-corrected chi connectivity index (χ3v) is 3.17. The van der Waals surface area contributed by atoms with Crippen LogP contribution in [0.5, 0.6) is 0 Å². The van der Waals surface area contributed by atoms with Crippen LogP contribution in [-0.4, -0.2) is 24.0 Å². The molecule has 0 saturated carbocycles. The summed E-state index contributed by atoms with van der Waals surface area (Å²) in [5, 5.41) is 0. The number of likely N-dealkylation sites (tertiary alicyclic amines) is 1. The summed E-state index contributed by atoms with van der Waals surface area (Å²) < 4.78 is 0. The van der Waals surface area contributed by atoms with Crippen LogP contribution in [0.3, 0.4) is 0 Å². The molecule has 1 heterocycles. The molecular weight excluding hydrogens is 182 g/mol. The molecule has 0 aromatic rings. The van der Waals surface area contributed by atoms with Crippen molar-refractivity contribution in [2.24, 2.45) is 5.41 Å². The van der Waals surface area contributed by atoms with Crippen molar-refractivity contribution in [2.45, 2.75) is 33.7 Å². The second kappa shape index (κ2) is 4.80. The maximum Gasteiger partial charge on any atom is 0.0179 e. The van der Waals surface area contributed by atoms with Crippen molar-refractivity contribution >= 4 is 0 Å². The van der Waals surface area contributed by atoms with Gasteiger partial charge in [-0.15, -0.1) is 0 Å². The van der Waals surface area contributed by atoms with Gasteiger partial charge < -0.3 is 0 Å². The Kier molecular flexibility index (Phi) is 3.92. The van der Waals surface area contributed by atoms with Gasteiger partial charge in [-0.3, -0.25) is 4.90 Å². The van der Waals surface area contributed by atoms with Gasteiger partial charge in [0.15, 0.2) is 0 Å². The second-order valence-corrected chi connectivity index (χ2v) is 4.92. The van der Waals surface area contributed by atoms with Crippen LogP contribution in [-0.2, 0) is 0 Å². The van der Waals surface area contributed by atoms with Gasteiger partial charge in [-0.1, -0.05) is 37.8 Å². The number of hydrogen-bond donors (Lipinski definition) is 0. The number of allylic oxidation sites excluding steroid dienone is 4. The largest absolute Gasteiger partial charge is 0.299 e. The van der Waals surface area contributed by atoms with Gasteiger partial charge in [-0.25, -0.2) is 0 Å². The predicted molar refractivity (Wildman–Crippen MR) is 67.9 cm³/mol. The minimum atomic E-state index is 0.324. The van der Waals surface area contributed by atoms with Crippen LogP contribution < -0.4 is 0 Å². The molecule has 0 aliphatic carbocycles. The highest BCUT2D eigenvalue weighted by Crippen LogP contribution is 2.38. The van der Waals surface area contributed by atoms with E-state index in [2.05, 4.69) is 57.4 Å². The zero-order chi connectivity index (χ0) is 11.5. The maximum atomic E-state index is 3.78. The Balaban J connectivity index is 2.71. The zero-order valence-corrected chi connectivity index (χ0v) is 10.5. The van der Waals surface area contributed by atoms with Crippen molar-refractivity contribution in [3.8, 4) is 0 Å². The number of rotatable bonds is 4. The van der Waals surface area contributed by atoms with Crippen molar-refractivity contribution < 1.29 is 0 Å². The lowest BCUT2D eigenvalue weighted by Crippen LogP contribution is -2.57. The highest BCUT2D eigenvalue weighted by atomic mass is 15.2. The molecule has 1 aliphatic rings. The summed E-state index contributed by atoms with van der Waals surface area (Å²) in [5.74, 6) is 0. The Hall–Kier alpha value is -0.820. The maximum absolute atomic E-state index is 3.78. The zero-order valence-electron chi connectivity index (χ0n) is 10.5. The van der Waals surface area contributed by atoms with Gasteiger partial charge in [0, 0.05) is 24.5 Å². The molecule has 1 saturated heterocycles. The minimum absolute atomic E-state index is 0.324. The topological polar surface area (TPSA) is 3.24 Å². The summed E-state index contributed by atoms with van der Waals surface area (Å²) in [6.45, 7) is 15.0. The Bertz CT molecular complexity index is 278. The van der Waals surface area contributed by atoms with Crippen molar-refractivity contribution in [1.29, 1.82) is 0 Å². The fourth-order valence-corrected chi connectivity index (χ4v) is 2.16. The van der Waals surface area contributed by atoms with Gasteiger partial charge in [0.2, 0.25) is 0 Å². The summed E-state index contributed by atoms with van der Waals surface area (Å²) in [7, 11) is 0. The molecule has 1 rings (SSSR count). The molecule has 0 N–H and O–H groups in total. The lowest BCUT2D eigenvalue weighted by Gasteiger charge is -2.51. The summed E-state index contributed by atoms with van der Waals surface area (Å²) >= 11 is 0. The second-order valence-electron chi connectivity index (χ2n) is 4.92. The number of nitrogens with zero attached hydrogens (tertiary/aromatic N) is 1. The highest BCUT2D eigenvalue weighted by Gasteiger charge is 2.41. The molecule has 15 heavy (non-hydrogen) atoms. The first kappa shape index (κ1) is 12.3. The first-order valence-electron chi connectivity index (χ1n) is 5.73. The molecule has 1 nitrogen and oxygen atoms in total. The van der Waals surface area contributed by atoms with E-state index in [0.29, 0.717) is 11.5 Å². The van der Waals surface area contributed by atoms with E-state index in [4.69, 9.17) is 0 Å². The average Bonchev–Trinajstić information content (AvgIpc) is 2.12. The molecule has 1 fully saturated rings. The molecular formula is C14H23N. The molecule has 1 aliphatic heterocycles. The molecule has 0 unspecified atom stereocenters. The normalized spacial score (nSPS) is 22.1. The molecule has 0 amide bonds. The van der Waals surface area contributed by atoms with Gasteiger partial charge in [-0.2, -0.15) is 0 Å². The van der Waals surface area contributed by atoms with Crippen molar-refractivity contribution in [3.05, 3.63) is 36.5 Å². The van der Waals surface area contributed by atoms with E-state index in [1.807, 2.05) is 6.08 Å². The first-order chi connectivity index (χ1) is 7.03. The van der Waals surface area contributed by atoms with Crippen LogP contribution >= 0.6 is 0 Å². The van der Waals surface area contributed by atoms with E-state index in [-0.39, 0.29) is 0 Å². The number of hydrogen-bond acceptors (Lipinski definition) is 1. The molecule has 1 heteroatoms. The smallest absolute Gasteiger partial charge is 0.0179 e. The van der Waals surface area contributed by atoms with E-state index in [0.717, 1.165) is 13.1 Å². The average molecular weight is 205 g/mol. The van der Waals surface area contributed by atoms with Gasteiger partial charge in [-0.05, 0) is 26.3 Å². The van der Waals surface area contributed by atoms with Crippen LogP contribution in [0.15, 0.2) is 36.5 Å². The highest BCUT2D eigenvalue weighted by molar-refractivity contribution is 5.32. The molecule has 0 aromatic heterocycles. The standard InChI is InChI=1S/C14H23N/c1-6-8-13(9-7-2)14(5)10-15(11-14)12(3)4/h6-9,12H,1,10-11H2,2-5H3/b9-7-,13-8+. The van der Waals surface area contributed by atoms with Crippen LogP contribution in [0, 0.1) is 5.41 Å². The summed E-state index contributed by atoms with van der Waals surface area (Å²) in [5.41, 5.74) is 1.72. The first-order valence-corrected chi connectivity index (χ1v) is 5.73. The molecule has 0 aromatic carbocycles. The van der Waals surface area contributed by atoms with E-state index in [1.54, 1.807) is 0 Å². The lowest BCUT2D eigenvalue weighted by molar-refractivity contribution is 0.0208. The third-order valence-electron chi connectivity index (χ3n) is 3.17. The monoisotopic (exact) mass is 205 g/mol. The van der Waals surface area contributed by atoms with Gasteiger partial charge >= 0.3 is 0 Å². The van der Waals surface area contributed by atoms with E-state index >= 15 is 0 Å². The van der Waals surface area contributed by atoms with E-state index in [1.165, 1.54) is 5.57 Å². The van der Waals surface area contributed by atoms with E-state index in [9.17, 15) is 0 Å². The van der Waals surface area contributed by atoms with Gasteiger partial charge in [0.05, 0.1) is 0 Å². The van der Waals surface area contributed by atoms with Crippen LogP contribution in [0.2, 0.25) is 0 Å². The van der Waals surface area contributed by atoms with E-state index < -0.39 is 0 Å². The Morgan fingerprint density at radius 3 is 2.40 bits per heavy atom. The Morgan fingerprint density at radius 2 is 2.00 bits per heavy atom. The van der Waals surface area contributed by atoms with Crippen LogP contribution in [0.1, 0.15) is 27.7 Å². The fraction of sp³-hybridized carbons (Fsp3) is 0.571. The third kappa shape index (κ3) is 2.60. The SMILES string of the molecule is C=C/C=C(\C=C/C)C1(C)CN(C(C)C)C1. The van der Waals surface area contributed by atoms with Crippen LogP contribution in [0.4, 0.5) is 0 Å². The molecule has 0 radical (unpaired) electrons. The lowest BCUT2D eigenvalue weighted by atomic mass is 9.74. The Morgan fingerprint density at radius 1 is 1.40 bits per heavy atom.